The molecule has 1 aromatic heterocycles. The molecule has 1 atom stereocenters. The third-order valence-corrected chi connectivity index (χ3v) is 3.98. The SMILES string of the molecule is C/C(=C\C(=O)[C@@H](C#N)c1nc(C)cs1)c1ccc(F)cc1. The van der Waals surface area contributed by atoms with Crippen molar-refractivity contribution in [3.63, 3.8) is 0 Å². The molecule has 2 aromatic rings. The number of hydrogen-bond donors (Lipinski definition) is 0. The Bertz CT molecular complexity index is 725. The van der Waals surface area contributed by atoms with E-state index in [9.17, 15) is 14.4 Å². The van der Waals surface area contributed by atoms with E-state index in [1.807, 2.05) is 18.4 Å². The molecule has 21 heavy (non-hydrogen) atoms. The van der Waals surface area contributed by atoms with Gasteiger partial charge in [-0.2, -0.15) is 5.26 Å². The average Bonchev–Trinajstić information content (AvgIpc) is 2.86. The molecule has 0 radical (unpaired) electrons. The van der Waals surface area contributed by atoms with Gasteiger partial charge in [0.05, 0.1) is 6.07 Å². The van der Waals surface area contributed by atoms with Gasteiger partial charge in [0, 0.05) is 11.1 Å². The Morgan fingerprint density at radius 2 is 2.10 bits per heavy atom. The first-order valence-electron chi connectivity index (χ1n) is 6.31. The topological polar surface area (TPSA) is 53.8 Å². The van der Waals surface area contributed by atoms with Crippen LogP contribution in [-0.2, 0) is 4.79 Å². The Hall–Kier alpha value is -2.32. The molecular formula is C16H13FN2OS. The molecule has 0 bridgehead atoms. The minimum absolute atomic E-state index is 0.311. The van der Waals surface area contributed by atoms with Gasteiger partial charge in [-0.1, -0.05) is 12.1 Å². The first kappa shape index (κ1) is 15.1. The van der Waals surface area contributed by atoms with Crippen LogP contribution >= 0.6 is 11.3 Å². The minimum Gasteiger partial charge on any atom is -0.293 e. The van der Waals surface area contributed by atoms with Crippen LogP contribution in [0.1, 0.15) is 29.1 Å². The molecule has 0 spiro atoms. The van der Waals surface area contributed by atoms with Crippen molar-refractivity contribution >= 4 is 22.7 Å². The highest BCUT2D eigenvalue weighted by atomic mass is 32.1. The van der Waals surface area contributed by atoms with Crippen molar-refractivity contribution in [3.8, 4) is 6.07 Å². The van der Waals surface area contributed by atoms with Crippen LogP contribution in [-0.4, -0.2) is 10.8 Å². The molecule has 106 valence electrons. The van der Waals surface area contributed by atoms with Crippen LogP contribution in [0.4, 0.5) is 4.39 Å². The average molecular weight is 300 g/mol. The number of rotatable bonds is 4. The van der Waals surface area contributed by atoms with E-state index in [0.717, 1.165) is 11.3 Å². The van der Waals surface area contributed by atoms with Crippen LogP contribution in [0.5, 0.6) is 0 Å². The molecule has 0 aliphatic heterocycles. The second-order valence-electron chi connectivity index (χ2n) is 4.63. The maximum Gasteiger partial charge on any atom is 0.180 e. The molecule has 0 fully saturated rings. The number of thiazole rings is 1. The number of allylic oxidation sites excluding steroid dienone is 2. The summed E-state index contributed by atoms with van der Waals surface area (Å²) in [4.78, 5) is 16.4. The number of carbonyl (C=O) groups is 1. The van der Waals surface area contributed by atoms with Gasteiger partial charge in [0.15, 0.2) is 11.7 Å². The molecule has 1 heterocycles. The van der Waals surface area contributed by atoms with Gasteiger partial charge in [-0.15, -0.1) is 11.3 Å². The summed E-state index contributed by atoms with van der Waals surface area (Å²) >= 11 is 1.30. The van der Waals surface area contributed by atoms with E-state index < -0.39 is 5.92 Å². The molecule has 0 N–H and O–H groups in total. The van der Waals surface area contributed by atoms with E-state index in [0.29, 0.717) is 10.6 Å². The summed E-state index contributed by atoms with van der Waals surface area (Å²) in [5, 5.41) is 11.5. The van der Waals surface area contributed by atoms with Crippen LogP contribution in [0, 0.1) is 24.1 Å². The number of benzene rings is 1. The number of ketones is 1. The van der Waals surface area contributed by atoms with Gasteiger partial charge >= 0.3 is 0 Å². The highest BCUT2D eigenvalue weighted by Gasteiger charge is 2.21. The molecule has 3 nitrogen and oxygen atoms in total. The van der Waals surface area contributed by atoms with Crippen molar-refractivity contribution in [1.82, 2.24) is 4.98 Å². The summed E-state index contributed by atoms with van der Waals surface area (Å²) < 4.78 is 12.9. The normalized spacial score (nSPS) is 12.8. The maximum absolute atomic E-state index is 12.9. The molecule has 1 aromatic carbocycles. The zero-order valence-electron chi connectivity index (χ0n) is 11.6. The first-order chi connectivity index (χ1) is 10.0. The quantitative estimate of drug-likeness (QED) is 0.805. The third kappa shape index (κ3) is 3.61. The van der Waals surface area contributed by atoms with Crippen LogP contribution in [0.3, 0.4) is 0 Å². The van der Waals surface area contributed by atoms with Gasteiger partial charge in [0.25, 0.3) is 0 Å². The highest BCUT2D eigenvalue weighted by molar-refractivity contribution is 7.10. The number of carbonyl (C=O) groups excluding carboxylic acids is 1. The van der Waals surface area contributed by atoms with Gasteiger partial charge < -0.3 is 0 Å². The Labute approximate surface area is 126 Å². The number of nitrogens with zero attached hydrogens (tertiary/aromatic N) is 2. The number of aromatic nitrogens is 1. The van der Waals surface area contributed by atoms with Gasteiger partial charge in [-0.3, -0.25) is 4.79 Å². The second kappa shape index (κ2) is 6.42. The van der Waals surface area contributed by atoms with Crippen molar-refractivity contribution in [2.75, 3.05) is 0 Å². The van der Waals surface area contributed by atoms with E-state index in [4.69, 9.17) is 0 Å². The fraction of sp³-hybridized carbons (Fsp3) is 0.188. The predicted molar refractivity (Wildman–Crippen MR) is 80.3 cm³/mol. The van der Waals surface area contributed by atoms with Gasteiger partial charge in [-0.05, 0) is 43.2 Å². The highest BCUT2D eigenvalue weighted by Crippen LogP contribution is 2.23. The fourth-order valence-corrected chi connectivity index (χ4v) is 2.68. The molecule has 0 aliphatic rings. The molecule has 0 saturated heterocycles. The number of aryl methyl sites for hydroxylation is 1. The molecule has 0 unspecified atom stereocenters. The summed E-state index contributed by atoms with van der Waals surface area (Å²) in [6.07, 6.45) is 1.41. The molecule has 0 saturated carbocycles. The lowest BCUT2D eigenvalue weighted by atomic mass is 10.0. The smallest absolute Gasteiger partial charge is 0.180 e. The standard InChI is InChI=1S/C16H13FN2OS/c1-10(12-3-5-13(17)6-4-12)7-15(20)14(8-18)16-19-11(2)9-21-16/h3-7,9,14H,1-2H3/b10-7+/t14-/m1/s1. The Morgan fingerprint density at radius 1 is 1.43 bits per heavy atom. The molecular weight excluding hydrogens is 287 g/mol. The lowest BCUT2D eigenvalue weighted by Gasteiger charge is -2.04. The Kier molecular flexibility index (Phi) is 4.61. The van der Waals surface area contributed by atoms with Crippen LogP contribution < -0.4 is 0 Å². The minimum atomic E-state index is -0.890. The number of halogens is 1. The molecule has 0 aliphatic carbocycles. The molecule has 2 rings (SSSR count). The maximum atomic E-state index is 12.9. The first-order valence-corrected chi connectivity index (χ1v) is 7.19. The summed E-state index contributed by atoms with van der Waals surface area (Å²) in [6.45, 7) is 3.57. The molecule has 5 heteroatoms. The van der Waals surface area contributed by atoms with E-state index in [1.165, 1.54) is 29.5 Å². The van der Waals surface area contributed by atoms with Crippen LogP contribution in [0.15, 0.2) is 35.7 Å². The zero-order valence-corrected chi connectivity index (χ0v) is 12.4. The summed E-state index contributed by atoms with van der Waals surface area (Å²) in [5.41, 5.74) is 2.23. The van der Waals surface area contributed by atoms with E-state index in [1.54, 1.807) is 19.1 Å². The Morgan fingerprint density at radius 3 is 2.62 bits per heavy atom. The summed E-state index contributed by atoms with van der Waals surface area (Å²) in [7, 11) is 0. The summed E-state index contributed by atoms with van der Waals surface area (Å²) in [6, 6.07) is 7.87. The van der Waals surface area contributed by atoms with Gasteiger partial charge in [0.1, 0.15) is 10.8 Å². The molecule has 0 amide bonds. The van der Waals surface area contributed by atoms with Gasteiger partial charge in [0.2, 0.25) is 0 Å². The predicted octanol–water partition coefficient (Wildman–Crippen LogP) is 3.87. The van der Waals surface area contributed by atoms with Gasteiger partial charge in [-0.25, -0.2) is 9.37 Å². The van der Waals surface area contributed by atoms with E-state index >= 15 is 0 Å². The lowest BCUT2D eigenvalue weighted by Crippen LogP contribution is -2.08. The van der Waals surface area contributed by atoms with Crippen molar-refractivity contribution < 1.29 is 9.18 Å². The van der Waals surface area contributed by atoms with Crippen molar-refractivity contribution in [2.45, 2.75) is 19.8 Å². The van der Waals surface area contributed by atoms with E-state index in [-0.39, 0.29) is 11.6 Å². The Balaban J connectivity index is 2.24. The van der Waals surface area contributed by atoms with Crippen molar-refractivity contribution in [1.29, 1.82) is 5.26 Å². The number of hydrogen-bond acceptors (Lipinski definition) is 4. The fourth-order valence-electron chi connectivity index (χ4n) is 1.84. The number of nitriles is 1. The van der Waals surface area contributed by atoms with Crippen LogP contribution in [0.2, 0.25) is 0 Å². The largest absolute Gasteiger partial charge is 0.293 e. The third-order valence-electron chi connectivity index (χ3n) is 2.96. The summed E-state index contributed by atoms with van der Waals surface area (Å²) in [5.74, 6) is -1.53. The lowest BCUT2D eigenvalue weighted by molar-refractivity contribution is -0.114. The van der Waals surface area contributed by atoms with Crippen molar-refractivity contribution in [3.05, 3.63) is 57.8 Å². The van der Waals surface area contributed by atoms with Crippen molar-refractivity contribution in [2.24, 2.45) is 0 Å². The second-order valence-corrected chi connectivity index (χ2v) is 5.52. The monoisotopic (exact) mass is 300 g/mol. The zero-order chi connectivity index (χ0) is 15.4. The van der Waals surface area contributed by atoms with E-state index in [2.05, 4.69) is 4.98 Å². The van der Waals surface area contributed by atoms with Crippen LogP contribution in [0.25, 0.3) is 5.57 Å².